The zero-order chi connectivity index (χ0) is 22.8. The van der Waals surface area contributed by atoms with Crippen LogP contribution in [0.1, 0.15) is 23.7 Å². The molecule has 8 heteroatoms. The summed E-state index contributed by atoms with van der Waals surface area (Å²) in [6.45, 7) is 6.94. The van der Waals surface area contributed by atoms with Crippen molar-refractivity contribution in [1.82, 2.24) is 15.5 Å². The van der Waals surface area contributed by atoms with Crippen LogP contribution >= 0.6 is 0 Å². The number of carbonyl (C=O) groups is 2. The molecular weight excluding hydrogens is 406 g/mol. The Labute approximate surface area is 184 Å². The summed E-state index contributed by atoms with van der Waals surface area (Å²) in [4.78, 5) is 26.1. The fraction of sp³-hybridized carbons (Fsp3) is 0.0833. The molecule has 0 fully saturated rings. The second kappa shape index (κ2) is 8.35. The molecule has 0 saturated heterocycles. The Morgan fingerprint density at radius 2 is 1.72 bits per heavy atom. The number of carbonyl (C=O) groups excluding carboxylic acids is 2. The molecule has 3 aromatic rings. The molecular formula is C24H21N5O3. The van der Waals surface area contributed by atoms with Gasteiger partial charge >= 0.3 is 0 Å². The van der Waals surface area contributed by atoms with E-state index in [0.717, 1.165) is 0 Å². The summed E-state index contributed by atoms with van der Waals surface area (Å²) in [5.74, 6) is -1.05. The molecule has 2 heterocycles. The van der Waals surface area contributed by atoms with Crippen molar-refractivity contribution in [2.45, 2.75) is 13.8 Å². The molecule has 3 N–H and O–H groups in total. The van der Waals surface area contributed by atoms with E-state index in [4.69, 9.17) is 0 Å². The molecule has 1 aliphatic rings. The lowest BCUT2D eigenvalue weighted by atomic mass is 9.92. The van der Waals surface area contributed by atoms with Gasteiger partial charge in [-0.05, 0) is 31.5 Å². The number of benzene rings is 2. The second-order valence-electron chi connectivity index (χ2n) is 7.28. The Morgan fingerprint density at radius 3 is 2.28 bits per heavy atom. The van der Waals surface area contributed by atoms with Crippen LogP contribution in [0, 0.1) is 6.92 Å². The minimum absolute atomic E-state index is 0.0608. The van der Waals surface area contributed by atoms with Crippen molar-refractivity contribution in [3.63, 3.8) is 0 Å². The number of aromatic amines is 1. The fourth-order valence-electron chi connectivity index (χ4n) is 3.41. The monoisotopic (exact) mass is 427 g/mol. The molecule has 0 spiro atoms. The van der Waals surface area contributed by atoms with Gasteiger partial charge in [0.1, 0.15) is 0 Å². The predicted molar refractivity (Wildman–Crippen MR) is 122 cm³/mol. The largest absolute Gasteiger partial charge is 0.493 e. The number of aryl methyl sites for hydroxylation is 1. The van der Waals surface area contributed by atoms with E-state index in [1.165, 1.54) is 5.01 Å². The molecule has 1 aromatic heterocycles. The van der Waals surface area contributed by atoms with Gasteiger partial charge in [0.25, 0.3) is 11.8 Å². The number of hydrogen-bond acceptors (Lipinski definition) is 5. The lowest BCUT2D eigenvalue weighted by Crippen LogP contribution is -2.32. The van der Waals surface area contributed by atoms with E-state index in [1.54, 1.807) is 38.1 Å². The minimum atomic E-state index is -0.468. The number of aromatic hydroxyl groups is 1. The van der Waals surface area contributed by atoms with Gasteiger partial charge in [-0.15, -0.1) is 5.10 Å². The highest BCUT2D eigenvalue weighted by atomic mass is 16.3. The van der Waals surface area contributed by atoms with Crippen molar-refractivity contribution in [1.29, 1.82) is 0 Å². The number of hydrazone groups is 1. The van der Waals surface area contributed by atoms with Crippen molar-refractivity contribution in [3.05, 3.63) is 95.2 Å². The summed E-state index contributed by atoms with van der Waals surface area (Å²) in [5.41, 5.74) is 2.84. The molecule has 4 rings (SSSR count). The number of para-hydroxylation sites is 1. The molecule has 0 bridgehead atoms. The summed E-state index contributed by atoms with van der Waals surface area (Å²) in [5, 5.41) is 25.5. The minimum Gasteiger partial charge on any atom is -0.493 e. The normalized spacial score (nSPS) is 14.9. The Hall–Kier alpha value is -4.46. The topological polar surface area (TPSA) is 111 Å². The standard InChI is InChI=1S/C24H21N5O3/c1-14(2)22(30)25-21-20(24(32)29(28-21)17-12-8-5-9-13-17)19(16-10-6-4-7-11-16)18-15(3)26-27-23(18)31/h4-13H,1H2,2-3H3,(H,25,28,30)(H2,26,27,31). The molecule has 8 nitrogen and oxygen atoms in total. The molecule has 1 aliphatic heterocycles. The highest BCUT2D eigenvalue weighted by molar-refractivity contribution is 6.37. The molecule has 160 valence electrons. The number of hydrogen-bond donors (Lipinski definition) is 3. The van der Waals surface area contributed by atoms with Crippen LogP contribution in [0.15, 0.2) is 83.5 Å². The quantitative estimate of drug-likeness (QED) is 0.555. The summed E-state index contributed by atoms with van der Waals surface area (Å²) in [6, 6.07) is 18.0. The van der Waals surface area contributed by atoms with E-state index in [0.29, 0.717) is 28.1 Å². The number of nitrogens with zero attached hydrogens (tertiary/aromatic N) is 3. The van der Waals surface area contributed by atoms with Crippen LogP contribution in [-0.2, 0) is 9.59 Å². The third-order valence-corrected chi connectivity index (χ3v) is 4.95. The molecule has 0 aliphatic carbocycles. The van der Waals surface area contributed by atoms with Gasteiger partial charge in [-0.3, -0.25) is 9.59 Å². The van der Waals surface area contributed by atoms with E-state index in [2.05, 4.69) is 27.2 Å². The van der Waals surface area contributed by atoms with Crippen LogP contribution < -0.4 is 10.3 Å². The van der Waals surface area contributed by atoms with Crippen molar-refractivity contribution >= 4 is 28.9 Å². The number of amidine groups is 1. The highest BCUT2D eigenvalue weighted by Crippen LogP contribution is 2.37. The first-order chi connectivity index (χ1) is 15.4. The van der Waals surface area contributed by atoms with E-state index in [1.807, 2.05) is 36.4 Å². The van der Waals surface area contributed by atoms with Gasteiger partial charge in [-0.2, -0.15) is 10.1 Å². The third kappa shape index (κ3) is 3.69. The van der Waals surface area contributed by atoms with E-state index >= 15 is 0 Å². The molecule has 0 atom stereocenters. The second-order valence-corrected chi connectivity index (χ2v) is 7.28. The molecule has 2 amide bonds. The maximum absolute atomic E-state index is 13.7. The number of nitrogens with one attached hydrogen (secondary N) is 2. The smallest absolute Gasteiger partial charge is 0.283 e. The maximum Gasteiger partial charge on any atom is 0.283 e. The van der Waals surface area contributed by atoms with Crippen LogP contribution in [0.4, 0.5) is 5.69 Å². The first kappa shape index (κ1) is 20.8. The van der Waals surface area contributed by atoms with Crippen molar-refractivity contribution in [2.24, 2.45) is 5.10 Å². The fourth-order valence-corrected chi connectivity index (χ4v) is 3.41. The number of H-pyrrole nitrogens is 1. The first-order valence-corrected chi connectivity index (χ1v) is 9.87. The van der Waals surface area contributed by atoms with Crippen LogP contribution in [0.5, 0.6) is 5.88 Å². The van der Waals surface area contributed by atoms with Gasteiger partial charge in [0.2, 0.25) is 5.88 Å². The number of amides is 2. The lowest BCUT2D eigenvalue weighted by molar-refractivity contribution is -0.116. The average Bonchev–Trinajstić information content (AvgIpc) is 3.29. The van der Waals surface area contributed by atoms with Gasteiger partial charge in [-0.25, -0.2) is 5.10 Å². The van der Waals surface area contributed by atoms with E-state index < -0.39 is 11.8 Å². The number of rotatable bonds is 4. The highest BCUT2D eigenvalue weighted by Gasteiger charge is 2.37. The van der Waals surface area contributed by atoms with Gasteiger partial charge < -0.3 is 10.4 Å². The molecule has 0 unspecified atom stereocenters. The molecule has 32 heavy (non-hydrogen) atoms. The Bertz CT molecular complexity index is 1250. The SMILES string of the molecule is C=C(C)C(=O)NC1=NN(c2ccccc2)C(=O)C1=C(c1ccccc1)c1c(C)n[nH]c1O. The summed E-state index contributed by atoms with van der Waals surface area (Å²) in [7, 11) is 0. The first-order valence-electron chi connectivity index (χ1n) is 9.87. The van der Waals surface area contributed by atoms with Crippen LogP contribution in [0.3, 0.4) is 0 Å². The number of anilines is 1. The Morgan fingerprint density at radius 1 is 1.09 bits per heavy atom. The van der Waals surface area contributed by atoms with Crippen LogP contribution in [0.2, 0.25) is 0 Å². The summed E-state index contributed by atoms with van der Waals surface area (Å²) >= 11 is 0. The van der Waals surface area contributed by atoms with Gasteiger partial charge in [-0.1, -0.05) is 55.1 Å². The van der Waals surface area contributed by atoms with Crippen LogP contribution in [0.25, 0.3) is 5.57 Å². The van der Waals surface area contributed by atoms with Crippen LogP contribution in [-0.4, -0.2) is 33.0 Å². The van der Waals surface area contributed by atoms with E-state index in [9.17, 15) is 14.7 Å². The zero-order valence-electron chi connectivity index (χ0n) is 17.6. The zero-order valence-corrected chi connectivity index (χ0v) is 17.6. The summed E-state index contributed by atoms with van der Waals surface area (Å²) < 4.78 is 0. The maximum atomic E-state index is 13.7. The number of aromatic nitrogens is 2. The van der Waals surface area contributed by atoms with Crippen molar-refractivity contribution in [3.8, 4) is 5.88 Å². The Kier molecular flexibility index (Phi) is 5.43. The van der Waals surface area contributed by atoms with Gasteiger partial charge in [0, 0.05) is 11.1 Å². The van der Waals surface area contributed by atoms with Gasteiger partial charge in [0.15, 0.2) is 5.84 Å². The van der Waals surface area contributed by atoms with Gasteiger partial charge in [0.05, 0.1) is 22.5 Å². The predicted octanol–water partition coefficient (Wildman–Crippen LogP) is 3.28. The molecule has 0 radical (unpaired) electrons. The summed E-state index contributed by atoms with van der Waals surface area (Å²) in [6.07, 6.45) is 0. The third-order valence-electron chi connectivity index (χ3n) is 4.95. The van der Waals surface area contributed by atoms with E-state index in [-0.39, 0.29) is 22.9 Å². The van der Waals surface area contributed by atoms with Crippen molar-refractivity contribution < 1.29 is 14.7 Å². The molecule has 0 saturated carbocycles. The lowest BCUT2D eigenvalue weighted by Gasteiger charge is -2.14. The van der Waals surface area contributed by atoms with Crippen molar-refractivity contribution in [2.75, 3.05) is 5.01 Å². The Balaban J connectivity index is 2.00. The average molecular weight is 427 g/mol. The molecule has 2 aromatic carbocycles.